The third-order valence-corrected chi connectivity index (χ3v) is 5.52. The van der Waals surface area contributed by atoms with Gasteiger partial charge >= 0.3 is 0 Å². The highest BCUT2D eigenvalue weighted by molar-refractivity contribution is 6.02. The number of hydrazone groups is 1. The molecule has 0 spiro atoms. The lowest BCUT2D eigenvalue weighted by Crippen LogP contribution is -2.37. The van der Waals surface area contributed by atoms with Crippen molar-refractivity contribution in [2.75, 3.05) is 13.6 Å². The van der Waals surface area contributed by atoms with Crippen molar-refractivity contribution in [3.63, 3.8) is 0 Å². The lowest BCUT2D eigenvalue weighted by atomic mass is 10.1. The van der Waals surface area contributed by atoms with Gasteiger partial charge in [-0.1, -0.05) is 56.0 Å². The largest absolute Gasteiger partial charge is 0.343 e. The number of hydrogen-bond donors (Lipinski definition) is 0. The van der Waals surface area contributed by atoms with E-state index >= 15 is 0 Å². The summed E-state index contributed by atoms with van der Waals surface area (Å²) in [6, 6.07) is 10.3. The Balaban J connectivity index is 1.49. The maximum atomic E-state index is 12.5. The molecule has 0 bridgehead atoms. The first-order chi connectivity index (χ1) is 12.6. The molecular formula is C21H29N3O2. The van der Waals surface area contributed by atoms with Crippen LogP contribution in [0.15, 0.2) is 35.4 Å². The Morgan fingerprint density at radius 1 is 1.08 bits per heavy atom. The summed E-state index contributed by atoms with van der Waals surface area (Å²) in [7, 11) is 1.89. The van der Waals surface area contributed by atoms with Gasteiger partial charge < -0.3 is 4.90 Å². The summed E-state index contributed by atoms with van der Waals surface area (Å²) >= 11 is 0. The monoisotopic (exact) mass is 355 g/mol. The number of carbonyl (C=O) groups excluding carboxylic acids is 2. The zero-order valence-corrected chi connectivity index (χ0v) is 15.7. The van der Waals surface area contributed by atoms with Crippen LogP contribution >= 0.6 is 0 Å². The molecule has 0 saturated heterocycles. The predicted octanol–water partition coefficient (Wildman–Crippen LogP) is 3.58. The van der Waals surface area contributed by atoms with Crippen molar-refractivity contribution in [3.8, 4) is 0 Å². The molecule has 140 valence electrons. The Bertz CT molecular complexity index is 648. The van der Waals surface area contributed by atoms with E-state index in [1.807, 2.05) is 42.3 Å². The van der Waals surface area contributed by atoms with E-state index in [1.165, 1.54) is 30.7 Å². The highest BCUT2D eigenvalue weighted by atomic mass is 16.2. The maximum Gasteiger partial charge on any atom is 0.243 e. The van der Waals surface area contributed by atoms with Gasteiger partial charge in [0.05, 0.1) is 12.3 Å². The molecule has 1 aromatic rings. The van der Waals surface area contributed by atoms with Crippen LogP contribution in [0.2, 0.25) is 0 Å². The molecule has 5 nitrogen and oxygen atoms in total. The third kappa shape index (κ3) is 4.71. The molecule has 0 aromatic heterocycles. The van der Waals surface area contributed by atoms with E-state index in [4.69, 9.17) is 0 Å². The molecule has 1 saturated carbocycles. The summed E-state index contributed by atoms with van der Waals surface area (Å²) in [4.78, 5) is 26.8. The van der Waals surface area contributed by atoms with Crippen LogP contribution < -0.4 is 0 Å². The minimum absolute atomic E-state index is 0.0569. The lowest BCUT2D eigenvalue weighted by molar-refractivity contribution is -0.137. The Labute approximate surface area is 156 Å². The first kappa shape index (κ1) is 18.6. The van der Waals surface area contributed by atoms with Crippen LogP contribution in [0.1, 0.15) is 63.4 Å². The fraction of sp³-hybridized carbons (Fsp3) is 0.571. The van der Waals surface area contributed by atoms with Crippen LogP contribution in [-0.4, -0.2) is 47.1 Å². The summed E-state index contributed by atoms with van der Waals surface area (Å²) in [6.07, 6.45) is 8.41. The summed E-state index contributed by atoms with van der Waals surface area (Å²) < 4.78 is 0. The minimum atomic E-state index is -0.0569. The summed E-state index contributed by atoms with van der Waals surface area (Å²) in [6.45, 7) is 0.607. The van der Waals surface area contributed by atoms with Gasteiger partial charge in [0.1, 0.15) is 0 Å². The van der Waals surface area contributed by atoms with Crippen molar-refractivity contribution >= 4 is 17.5 Å². The van der Waals surface area contributed by atoms with E-state index in [0.717, 1.165) is 30.5 Å². The molecule has 1 fully saturated rings. The van der Waals surface area contributed by atoms with E-state index in [1.54, 1.807) is 0 Å². The molecule has 0 unspecified atom stereocenters. The predicted molar refractivity (Wildman–Crippen MR) is 103 cm³/mol. The van der Waals surface area contributed by atoms with Crippen LogP contribution in [0.5, 0.6) is 0 Å². The van der Waals surface area contributed by atoms with Gasteiger partial charge in [0, 0.05) is 32.4 Å². The summed E-state index contributed by atoms with van der Waals surface area (Å²) in [5.41, 5.74) is 2.01. The van der Waals surface area contributed by atoms with E-state index in [-0.39, 0.29) is 24.7 Å². The summed E-state index contributed by atoms with van der Waals surface area (Å²) in [5, 5.41) is 5.99. The molecule has 2 amide bonds. The molecule has 1 aromatic carbocycles. The average molecular weight is 355 g/mol. The second-order valence-corrected chi connectivity index (χ2v) is 7.33. The van der Waals surface area contributed by atoms with Gasteiger partial charge in [-0.2, -0.15) is 5.10 Å². The zero-order valence-electron chi connectivity index (χ0n) is 15.7. The summed E-state index contributed by atoms with van der Waals surface area (Å²) in [5.74, 6) is 0.0234. The van der Waals surface area contributed by atoms with Gasteiger partial charge in [-0.05, 0) is 18.4 Å². The van der Waals surface area contributed by atoms with E-state index < -0.39 is 0 Å². The second kappa shape index (κ2) is 8.97. The maximum absolute atomic E-state index is 12.5. The number of nitrogens with zero attached hydrogens (tertiary/aromatic N) is 3. The molecule has 3 rings (SSSR count). The van der Waals surface area contributed by atoms with Crippen molar-refractivity contribution in [1.29, 1.82) is 0 Å². The highest BCUT2D eigenvalue weighted by Crippen LogP contribution is 2.22. The van der Waals surface area contributed by atoms with E-state index in [9.17, 15) is 9.59 Å². The minimum Gasteiger partial charge on any atom is -0.343 e. The molecular weight excluding hydrogens is 326 g/mol. The van der Waals surface area contributed by atoms with Gasteiger partial charge in [-0.15, -0.1) is 0 Å². The van der Waals surface area contributed by atoms with Crippen LogP contribution in [0, 0.1) is 0 Å². The van der Waals surface area contributed by atoms with Crippen LogP contribution in [0.4, 0.5) is 0 Å². The lowest BCUT2D eigenvalue weighted by Gasteiger charge is -2.27. The normalized spacial score (nSPS) is 18.3. The van der Waals surface area contributed by atoms with Crippen LogP contribution in [0.3, 0.4) is 0 Å². The molecule has 1 heterocycles. The van der Waals surface area contributed by atoms with E-state index in [0.29, 0.717) is 12.6 Å². The molecule has 0 atom stereocenters. The number of hydrogen-bond acceptors (Lipinski definition) is 3. The molecule has 26 heavy (non-hydrogen) atoms. The van der Waals surface area contributed by atoms with E-state index in [2.05, 4.69) is 5.10 Å². The van der Waals surface area contributed by atoms with Crippen molar-refractivity contribution < 1.29 is 9.59 Å². The Kier molecular flexibility index (Phi) is 6.42. The number of carbonyl (C=O) groups is 2. The number of benzene rings is 1. The van der Waals surface area contributed by atoms with Crippen molar-refractivity contribution in [1.82, 2.24) is 9.91 Å². The third-order valence-electron chi connectivity index (χ3n) is 5.52. The van der Waals surface area contributed by atoms with Crippen LogP contribution in [-0.2, 0) is 9.59 Å². The van der Waals surface area contributed by atoms with Gasteiger partial charge in [0.25, 0.3) is 0 Å². The quantitative estimate of drug-likeness (QED) is 0.758. The van der Waals surface area contributed by atoms with Gasteiger partial charge in [-0.3, -0.25) is 9.59 Å². The van der Waals surface area contributed by atoms with Gasteiger partial charge in [0.15, 0.2) is 0 Å². The molecule has 5 heteroatoms. The molecule has 1 aliphatic carbocycles. The van der Waals surface area contributed by atoms with Crippen molar-refractivity contribution in [3.05, 3.63) is 35.9 Å². The smallest absolute Gasteiger partial charge is 0.243 e. The Hall–Kier alpha value is -2.17. The standard InChI is InChI=1S/C21H29N3O2/c1-23(18-11-7-2-3-8-12-18)20(25)13-14-21(26)24-16-15-19(22-24)17-9-5-4-6-10-17/h4-6,9-10,18H,2-3,7-8,11-16H2,1H3. The van der Waals surface area contributed by atoms with Gasteiger partial charge in [-0.25, -0.2) is 5.01 Å². The van der Waals surface area contributed by atoms with Crippen molar-refractivity contribution in [2.45, 2.75) is 63.8 Å². The fourth-order valence-corrected chi connectivity index (χ4v) is 3.84. The first-order valence-electron chi connectivity index (χ1n) is 9.84. The Morgan fingerprint density at radius 3 is 2.46 bits per heavy atom. The second-order valence-electron chi connectivity index (χ2n) is 7.33. The highest BCUT2D eigenvalue weighted by Gasteiger charge is 2.24. The number of rotatable bonds is 5. The van der Waals surface area contributed by atoms with Crippen LogP contribution in [0.25, 0.3) is 0 Å². The SMILES string of the molecule is CN(C(=O)CCC(=O)N1CCC(c2ccccc2)=N1)C1CCCCCC1. The Morgan fingerprint density at radius 2 is 1.77 bits per heavy atom. The molecule has 0 radical (unpaired) electrons. The first-order valence-corrected chi connectivity index (χ1v) is 9.84. The zero-order chi connectivity index (χ0) is 18.4. The van der Waals surface area contributed by atoms with Gasteiger partial charge in [0.2, 0.25) is 11.8 Å². The van der Waals surface area contributed by atoms with Crippen molar-refractivity contribution in [2.24, 2.45) is 5.10 Å². The molecule has 1 aliphatic heterocycles. The molecule has 2 aliphatic rings. The average Bonchev–Trinajstić information content (AvgIpc) is 3.02. The fourth-order valence-electron chi connectivity index (χ4n) is 3.84. The topological polar surface area (TPSA) is 53.0 Å². The molecule has 0 N–H and O–H groups in total. The number of amides is 2.